The minimum Gasteiger partial charge on any atom is -0.300 e. The molecule has 0 bridgehead atoms. The third-order valence-electron chi connectivity index (χ3n) is 5.07. The molecule has 0 aromatic carbocycles. The molecular weight excluding hydrogens is 288 g/mol. The Hall–Kier alpha value is -1.30. The molecule has 3 rings (SSSR count). The van der Waals surface area contributed by atoms with Crippen molar-refractivity contribution in [2.24, 2.45) is 5.92 Å². The largest absolute Gasteiger partial charge is 0.300 e. The second-order valence-corrected chi connectivity index (χ2v) is 6.52. The van der Waals surface area contributed by atoms with Gasteiger partial charge in [0.25, 0.3) is 12.0 Å². The zero-order valence-corrected chi connectivity index (χ0v) is 12.8. The molecule has 0 amide bonds. The Morgan fingerprint density at radius 2 is 1.86 bits per heavy atom. The van der Waals surface area contributed by atoms with Crippen molar-refractivity contribution in [1.82, 2.24) is 14.5 Å². The molecule has 0 spiro atoms. The fourth-order valence-corrected chi connectivity index (χ4v) is 3.74. The van der Waals surface area contributed by atoms with Crippen LogP contribution in [-0.4, -0.2) is 33.6 Å². The molecule has 1 aliphatic carbocycles. The number of halogens is 2. The summed E-state index contributed by atoms with van der Waals surface area (Å²) in [6.07, 6.45) is 6.07. The average molecular weight is 311 g/mol. The molecule has 6 heteroatoms. The van der Waals surface area contributed by atoms with Gasteiger partial charge in [0.15, 0.2) is 0 Å². The number of rotatable bonds is 4. The Labute approximate surface area is 129 Å². The number of likely N-dealkylation sites (tertiary alicyclic amines) is 1. The van der Waals surface area contributed by atoms with Crippen LogP contribution < -0.4 is 5.56 Å². The average Bonchev–Trinajstić information content (AvgIpc) is 3.04. The highest BCUT2D eigenvalue weighted by molar-refractivity contribution is 5.01. The van der Waals surface area contributed by atoms with Crippen molar-refractivity contribution in [3.05, 3.63) is 28.4 Å². The summed E-state index contributed by atoms with van der Waals surface area (Å²) in [6.45, 7) is 2.77. The highest BCUT2D eigenvalue weighted by Crippen LogP contribution is 2.28. The van der Waals surface area contributed by atoms with E-state index in [0.29, 0.717) is 12.5 Å². The van der Waals surface area contributed by atoms with Crippen LogP contribution in [0.2, 0.25) is 0 Å². The van der Waals surface area contributed by atoms with E-state index < -0.39 is 12.1 Å². The first-order valence-electron chi connectivity index (χ1n) is 8.22. The molecule has 0 atom stereocenters. The summed E-state index contributed by atoms with van der Waals surface area (Å²) < 4.78 is 26.5. The van der Waals surface area contributed by atoms with Crippen molar-refractivity contribution in [2.45, 2.75) is 57.5 Å². The smallest absolute Gasteiger partial charge is 0.280 e. The number of nitrogens with zero attached hydrogens (tertiary/aromatic N) is 3. The van der Waals surface area contributed by atoms with E-state index in [2.05, 4.69) is 9.88 Å². The van der Waals surface area contributed by atoms with Crippen LogP contribution in [0.5, 0.6) is 0 Å². The molecule has 1 aliphatic heterocycles. The van der Waals surface area contributed by atoms with Crippen LogP contribution >= 0.6 is 0 Å². The van der Waals surface area contributed by atoms with Gasteiger partial charge in [-0.15, -0.1) is 0 Å². The maximum absolute atomic E-state index is 12.5. The third kappa shape index (κ3) is 3.54. The molecule has 1 saturated carbocycles. The zero-order chi connectivity index (χ0) is 15.5. The Morgan fingerprint density at radius 1 is 1.18 bits per heavy atom. The van der Waals surface area contributed by atoms with Crippen LogP contribution in [0.3, 0.4) is 0 Å². The number of hydrogen-bond donors (Lipinski definition) is 0. The molecule has 0 radical (unpaired) electrons. The zero-order valence-electron chi connectivity index (χ0n) is 12.8. The van der Waals surface area contributed by atoms with Crippen LogP contribution in [0.15, 0.2) is 17.2 Å². The molecule has 2 heterocycles. The number of alkyl halides is 2. The standard InChI is InChI=1S/C16H23F2N3O/c17-16(18)14-9-15(22)21(11-19-14)10-12-5-7-20(8-6-12)13-3-1-2-4-13/h9,11-13,16H,1-8,10H2. The number of hydrogen-bond acceptors (Lipinski definition) is 3. The van der Waals surface area contributed by atoms with Crippen LogP contribution in [0.1, 0.15) is 50.6 Å². The van der Waals surface area contributed by atoms with Gasteiger partial charge in [-0.2, -0.15) is 0 Å². The molecule has 22 heavy (non-hydrogen) atoms. The molecule has 0 N–H and O–H groups in total. The summed E-state index contributed by atoms with van der Waals surface area (Å²) in [5.41, 5.74) is -0.805. The van der Waals surface area contributed by atoms with Crippen molar-refractivity contribution in [1.29, 1.82) is 0 Å². The lowest BCUT2D eigenvalue weighted by Gasteiger charge is -2.36. The minimum atomic E-state index is -2.68. The molecule has 1 aromatic heterocycles. The second kappa shape index (κ2) is 6.86. The lowest BCUT2D eigenvalue weighted by atomic mass is 9.95. The van der Waals surface area contributed by atoms with Gasteiger partial charge in [0.2, 0.25) is 0 Å². The molecule has 4 nitrogen and oxygen atoms in total. The Morgan fingerprint density at radius 3 is 2.45 bits per heavy atom. The monoisotopic (exact) mass is 311 g/mol. The summed E-state index contributed by atoms with van der Waals surface area (Å²) in [5.74, 6) is 0.439. The molecule has 1 aromatic rings. The highest BCUT2D eigenvalue weighted by Gasteiger charge is 2.27. The predicted molar refractivity (Wildman–Crippen MR) is 80.0 cm³/mol. The normalized spacial score (nSPS) is 21.8. The second-order valence-electron chi connectivity index (χ2n) is 6.52. The third-order valence-corrected chi connectivity index (χ3v) is 5.07. The van der Waals surface area contributed by atoms with Gasteiger partial charge in [0, 0.05) is 18.7 Å². The summed E-state index contributed by atoms with van der Waals surface area (Å²) in [6, 6.07) is 1.72. The van der Waals surface area contributed by atoms with Gasteiger partial charge >= 0.3 is 0 Å². The van der Waals surface area contributed by atoms with E-state index in [1.165, 1.54) is 36.6 Å². The van der Waals surface area contributed by atoms with E-state index in [4.69, 9.17) is 0 Å². The van der Waals surface area contributed by atoms with Gasteiger partial charge in [0.05, 0.1) is 6.33 Å². The summed E-state index contributed by atoms with van der Waals surface area (Å²) in [4.78, 5) is 18.1. The van der Waals surface area contributed by atoms with E-state index in [0.717, 1.165) is 38.0 Å². The summed E-state index contributed by atoms with van der Waals surface area (Å²) in [7, 11) is 0. The summed E-state index contributed by atoms with van der Waals surface area (Å²) in [5, 5.41) is 0. The van der Waals surface area contributed by atoms with Gasteiger partial charge < -0.3 is 4.90 Å². The quantitative estimate of drug-likeness (QED) is 0.858. The first-order chi connectivity index (χ1) is 10.6. The Bertz CT molecular complexity index is 547. The van der Waals surface area contributed by atoms with Crippen LogP contribution in [0, 0.1) is 5.92 Å². The summed E-state index contributed by atoms with van der Waals surface area (Å²) >= 11 is 0. The fraction of sp³-hybridized carbons (Fsp3) is 0.750. The van der Waals surface area contributed by atoms with Gasteiger partial charge in [-0.3, -0.25) is 9.36 Å². The minimum absolute atomic E-state index is 0.372. The molecule has 2 fully saturated rings. The van der Waals surface area contributed by atoms with Crippen LogP contribution in [0.25, 0.3) is 0 Å². The highest BCUT2D eigenvalue weighted by atomic mass is 19.3. The lowest BCUT2D eigenvalue weighted by molar-refractivity contribution is 0.126. The van der Waals surface area contributed by atoms with Crippen molar-refractivity contribution in [3.8, 4) is 0 Å². The van der Waals surface area contributed by atoms with Gasteiger partial charge in [-0.05, 0) is 44.7 Å². The van der Waals surface area contributed by atoms with Gasteiger partial charge in [-0.1, -0.05) is 12.8 Å². The lowest BCUT2D eigenvalue weighted by Crippen LogP contribution is -2.41. The molecule has 0 unspecified atom stereocenters. The molecular formula is C16H23F2N3O. The van der Waals surface area contributed by atoms with Crippen molar-refractivity contribution in [2.75, 3.05) is 13.1 Å². The first kappa shape index (κ1) is 15.6. The predicted octanol–water partition coefficient (Wildman–Crippen LogP) is 2.84. The fourth-order valence-electron chi connectivity index (χ4n) is 3.74. The number of piperidine rings is 1. The molecule has 1 saturated heterocycles. The maximum Gasteiger partial charge on any atom is 0.280 e. The SMILES string of the molecule is O=c1cc(C(F)F)ncn1CC1CCN(C2CCCC2)CC1. The maximum atomic E-state index is 12.5. The van der Waals surface area contributed by atoms with Crippen molar-refractivity contribution >= 4 is 0 Å². The van der Waals surface area contributed by atoms with E-state index in [-0.39, 0.29) is 5.56 Å². The van der Waals surface area contributed by atoms with Gasteiger partial charge in [0.1, 0.15) is 5.69 Å². The van der Waals surface area contributed by atoms with E-state index >= 15 is 0 Å². The van der Waals surface area contributed by atoms with E-state index in [9.17, 15) is 13.6 Å². The molecule has 2 aliphatic rings. The topological polar surface area (TPSA) is 38.1 Å². The molecule has 122 valence electrons. The Balaban J connectivity index is 1.55. The first-order valence-corrected chi connectivity index (χ1v) is 8.22. The Kier molecular flexibility index (Phi) is 4.86. The van der Waals surface area contributed by atoms with E-state index in [1.54, 1.807) is 0 Å². The van der Waals surface area contributed by atoms with Crippen LogP contribution in [-0.2, 0) is 6.54 Å². The van der Waals surface area contributed by atoms with Crippen molar-refractivity contribution in [3.63, 3.8) is 0 Å². The number of aromatic nitrogens is 2. The van der Waals surface area contributed by atoms with Gasteiger partial charge in [-0.25, -0.2) is 13.8 Å². The van der Waals surface area contributed by atoms with E-state index in [1.807, 2.05) is 0 Å². The van der Waals surface area contributed by atoms with Crippen LogP contribution in [0.4, 0.5) is 8.78 Å². The van der Waals surface area contributed by atoms with Crippen molar-refractivity contribution < 1.29 is 8.78 Å².